The maximum absolute atomic E-state index is 12.8. The van der Waals surface area contributed by atoms with E-state index >= 15 is 0 Å². The van der Waals surface area contributed by atoms with Crippen LogP contribution < -0.4 is 0 Å². The van der Waals surface area contributed by atoms with Gasteiger partial charge in [0.25, 0.3) is 0 Å². The van der Waals surface area contributed by atoms with Crippen LogP contribution in [0.3, 0.4) is 0 Å². The van der Waals surface area contributed by atoms with Crippen LogP contribution in [0.5, 0.6) is 0 Å². The van der Waals surface area contributed by atoms with Crippen LogP contribution in [0.1, 0.15) is 52.7 Å². The van der Waals surface area contributed by atoms with Crippen molar-refractivity contribution in [2.45, 2.75) is 58.1 Å². The van der Waals surface area contributed by atoms with Crippen LogP contribution in [0.4, 0.5) is 0 Å². The summed E-state index contributed by atoms with van der Waals surface area (Å²) in [5.74, 6) is 0.256. The van der Waals surface area contributed by atoms with Crippen molar-refractivity contribution < 1.29 is 13.5 Å². The van der Waals surface area contributed by atoms with Gasteiger partial charge in [-0.3, -0.25) is 0 Å². The summed E-state index contributed by atoms with van der Waals surface area (Å²) < 4.78 is 27.2. The summed E-state index contributed by atoms with van der Waals surface area (Å²) >= 11 is 0. The van der Waals surface area contributed by atoms with E-state index in [0.29, 0.717) is 18.5 Å². The molecule has 1 aromatic carbocycles. The summed E-state index contributed by atoms with van der Waals surface area (Å²) in [6.07, 6.45) is -0.0682. The molecule has 0 aliphatic carbocycles. The SMILES string of the molecule is CCC(O)c1cccc(S(=O)(=O)N(CC(C)C)C(C)C)c1. The van der Waals surface area contributed by atoms with Gasteiger partial charge in [-0.15, -0.1) is 0 Å². The van der Waals surface area contributed by atoms with E-state index in [1.54, 1.807) is 24.3 Å². The Hall–Kier alpha value is -0.910. The molecule has 1 unspecified atom stereocenters. The van der Waals surface area contributed by atoms with Crippen molar-refractivity contribution in [3.05, 3.63) is 29.8 Å². The second-order valence-electron chi connectivity index (χ2n) is 6.06. The molecule has 0 saturated heterocycles. The monoisotopic (exact) mass is 313 g/mol. The van der Waals surface area contributed by atoms with Gasteiger partial charge in [0.2, 0.25) is 10.0 Å². The van der Waals surface area contributed by atoms with Gasteiger partial charge in [0.1, 0.15) is 0 Å². The lowest BCUT2D eigenvalue weighted by Gasteiger charge is -2.27. The molecule has 0 spiro atoms. The molecule has 21 heavy (non-hydrogen) atoms. The first-order valence-corrected chi connectivity index (χ1v) is 8.94. The predicted octanol–water partition coefficient (Wildman–Crippen LogP) is 3.19. The molecule has 0 aliphatic heterocycles. The Balaban J connectivity index is 3.22. The van der Waals surface area contributed by atoms with Gasteiger partial charge in [-0.05, 0) is 43.9 Å². The smallest absolute Gasteiger partial charge is 0.243 e. The van der Waals surface area contributed by atoms with E-state index in [9.17, 15) is 13.5 Å². The van der Waals surface area contributed by atoms with Crippen molar-refractivity contribution in [2.24, 2.45) is 5.92 Å². The molecule has 0 amide bonds. The number of hydrogen-bond donors (Lipinski definition) is 1. The van der Waals surface area contributed by atoms with E-state index < -0.39 is 16.1 Å². The molecule has 1 N–H and O–H groups in total. The highest BCUT2D eigenvalue weighted by Gasteiger charge is 2.28. The number of aliphatic hydroxyl groups excluding tert-OH is 1. The van der Waals surface area contributed by atoms with Gasteiger partial charge in [-0.25, -0.2) is 8.42 Å². The highest BCUT2D eigenvalue weighted by atomic mass is 32.2. The number of nitrogens with zero attached hydrogens (tertiary/aromatic N) is 1. The minimum atomic E-state index is -3.54. The van der Waals surface area contributed by atoms with Crippen LogP contribution in [0.25, 0.3) is 0 Å². The van der Waals surface area contributed by atoms with E-state index in [2.05, 4.69) is 0 Å². The van der Waals surface area contributed by atoms with Crippen molar-refractivity contribution in [1.82, 2.24) is 4.31 Å². The van der Waals surface area contributed by atoms with E-state index in [-0.39, 0.29) is 16.9 Å². The topological polar surface area (TPSA) is 57.6 Å². The van der Waals surface area contributed by atoms with Gasteiger partial charge in [-0.1, -0.05) is 32.9 Å². The Bertz CT molecular complexity index is 552. The van der Waals surface area contributed by atoms with E-state index in [1.807, 2.05) is 34.6 Å². The summed E-state index contributed by atoms with van der Waals surface area (Å²) in [5, 5.41) is 9.90. The van der Waals surface area contributed by atoms with Crippen LogP contribution in [-0.4, -0.2) is 30.4 Å². The fourth-order valence-corrected chi connectivity index (χ4v) is 4.06. The summed E-state index contributed by atoms with van der Waals surface area (Å²) in [6, 6.07) is 6.53. The van der Waals surface area contributed by atoms with Crippen molar-refractivity contribution in [2.75, 3.05) is 6.54 Å². The van der Waals surface area contributed by atoms with Crippen molar-refractivity contribution >= 4 is 10.0 Å². The third-order valence-corrected chi connectivity index (χ3v) is 5.40. The van der Waals surface area contributed by atoms with E-state index in [4.69, 9.17) is 0 Å². The molecule has 120 valence electrons. The molecular weight excluding hydrogens is 286 g/mol. The zero-order valence-corrected chi connectivity index (χ0v) is 14.4. The molecule has 1 atom stereocenters. The van der Waals surface area contributed by atoms with Crippen LogP contribution in [0.2, 0.25) is 0 Å². The van der Waals surface area contributed by atoms with E-state index in [1.165, 1.54) is 4.31 Å². The maximum Gasteiger partial charge on any atom is 0.243 e. The number of sulfonamides is 1. The summed E-state index contributed by atoms with van der Waals surface area (Å²) in [6.45, 7) is 10.1. The van der Waals surface area contributed by atoms with Crippen LogP contribution in [0.15, 0.2) is 29.2 Å². The molecule has 0 bridgehead atoms. The highest BCUT2D eigenvalue weighted by Crippen LogP contribution is 2.24. The van der Waals surface area contributed by atoms with Gasteiger partial charge in [0.15, 0.2) is 0 Å². The predicted molar refractivity (Wildman–Crippen MR) is 85.6 cm³/mol. The molecule has 4 nitrogen and oxygen atoms in total. The molecule has 0 saturated carbocycles. The second-order valence-corrected chi connectivity index (χ2v) is 7.95. The number of hydrogen-bond acceptors (Lipinski definition) is 3. The molecule has 1 aromatic rings. The average molecular weight is 313 g/mol. The van der Waals surface area contributed by atoms with Gasteiger partial charge in [-0.2, -0.15) is 4.31 Å². The van der Waals surface area contributed by atoms with Gasteiger partial charge < -0.3 is 5.11 Å². The molecule has 0 radical (unpaired) electrons. The minimum Gasteiger partial charge on any atom is -0.388 e. The van der Waals surface area contributed by atoms with Crippen molar-refractivity contribution in [3.8, 4) is 0 Å². The maximum atomic E-state index is 12.8. The Morgan fingerprint density at radius 1 is 1.19 bits per heavy atom. The summed E-state index contributed by atoms with van der Waals surface area (Å²) in [7, 11) is -3.54. The molecule has 0 fully saturated rings. The Morgan fingerprint density at radius 2 is 1.81 bits per heavy atom. The second kappa shape index (κ2) is 7.38. The lowest BCUT2D eigenvalue weighted by molar-refractivity contribution is 0.173. The minimum absolute atomic E-state index is 0.0999. The molecule has 0 aromatic heterocycles. The lowest BCUT2D eigenvalue weighted by atomic mass is 10.1. The molecule has 0 heterocycles. The van der Waals surface area contributed by atoms with Crippen LogP contribution in [-0.2, 0) is 10.0 Å². The average Bonchev–Trinajstić information content (AvgIpc) is 2.43. The third kappa shape index (κ3) is 4.53. The molecule has 1 rings (SSSR count). The third-order valence-electron chi connectivity index (χ3n) is 3.36. The fraction of sp³-hybridized carbons (Fsp3) is 0.625. The molecule has 0 aliphatic rings. The van der Waals surface area contributed by atoms with Gasteiger partial charge in [0, 0.05) is 12.6 Å². The number of aliphatic hydroxyl groups is 1. The van der Waals surface area contributed by atoms with E-state index in [0.717, 1.165) is 0 Å². The number of rotatable bonds is 7. The first-order valence-electron chi connectivity index (χ1n) is 7.50. The van der Waals surface area contributed by atoms with Crippen LogP contribution in [0, 0.1) is 5.92 Å². The highest BCUT2D eigenvalue weighted by molar-refractivity contribution is 7.89. The van der Waals surface area contributed by atoms with Crippen molar-refractivity contribution in [1.29, 1.82) is 0 Å². The van der Waals surface area contributed by atoms with Gasteiger partial charge >= 0.3 is 0 Å². The molecule has 5 heteroatoms. The summed E-state index contributed by atoms with van der Waals surface area (Å²) in [4.78, 5) is 0.252. The Morgan fingerprint density at radius 3 is 2.29 bits per heavy atom. The quantitative estimate of drug-likeness (QED) is 0.841. The fourth-order valence-electron chi connectivity index (χ4n) is 2.20. The van der Waals surface area contributed by atoms with Crippen LogP contribution >= 0.6 is 0 Å². The Kier molecular flexibility index (Phi) is 6.38. The zero-order chi connectivity index (χ0) is 16.2. The Labute approximate surface area is 128 Å². The number of benzene rings is 1. The largest absolute Gasteiger partial charge is 0.388 e. The lowest BCUT2D eigenvalue weighted by Crippen LogP contribution is -2.39. The normalized spacial score (nSPS) is 14.1. The zero-order valence-electron chi connectivity index (χ0n) is 13.6. The summed E-state index contributed by atoms with van der Waals surface area (Å²) in [5.41, 5.74) is 0.645. The first-order chi connectivity index (χ1) is 9.70. The van der Waals surface area contributed by atoms with Gasteiger partial charge in [0.05, 0.1) is 11.0 Å². The molecular formula is C16H27NO3S. The standard InChI is InChI=1S/C16H27NO3S/c1-6-16(18)14-8-7-9-15(10-14)21(19,20)17(13(4)5)11-12(2)3/h7-10,12-13,16,18H,6,11H2,1-5H3. The van der Waals surface area contributed by atoms with Crippen molar-refractivity contribution in [3.63, 3.8) is 0 Å². The first kappa shape index (κ1) is 18.1.